The van der Waals surface area contributed by atoms with Crippen LogP contribution in [0.15, 0.2) is 36.0 Å². The van der Waals surface area contributed by atoms with Gasteiger partial charge in [0, 0.05) is 0 Å². The third kappa shape index (κ3) is 8.07. The summed E-state index contributed by atoms with van der Waals surface area (Å²) in [5.74, 6) is 0. The van der Waals surface area contributed by atoms with Crippen LogP contribution in [0, 0.1) is 5.41 Å². The summed E-state index contributed by atoms with van der Waals surface area (Å²) in [6, 6.07) is 0. The van der Waals surface area contributed by atoms with Crippen molar-refractivity contribution in [3.05, 3.63) is 36.0 Å². The number of hydrogen-bond acceptors (Lipinski definition) is 3. The van der Waals surface area contributed by atoms with E-state index in [1.54, 1.807) is 13.8 Å². The fourth-order valence-electron chi connectivity index (χ4n) is 3.30. The van der Waals surface area contributed by atoms with Crippen LogP contribution in [0.2, 0.25) is 0 Å². The molecule has 0 bridgehead atoms. The summed E-state index contributed by atoms with van der Waals surface area (Å²) in [6.45, 7) is 3.46. The highest BCUT2D eigenvalue weighted by Gasteiger charge is 2.68. The zero-order valence-corrected chi connectivity index (χ0v) is 17.1. The number of hydrogen-bond donors (Lipinski definition) is 3. The Balaban J connectivity index is 2.51. The van der Waals surface area contributed by atoms with Crippen LogP contribution < -0.4 is 0 Å². The summed E-state index contributed by atoms with van der Waals surface area (Å²) >= 11 is 0. The van der Waals surface area contributed by atoms with E-state index in [0.717, 1.165) is 11.6 Å². The van der Waals surface area contributed by atoms with E-state index in [0.29, 0.717) is 38.5 Å². The lowest BCUT2D eigenvalue weighted by Gasteiger charge is -2.30. The molecular weight excluding hydrogens is 414 g/mol. The van der Waals surface area contributed by atoms with Gasteiger partial charge in [-0.25, -0.2) is 0 Å². The van der Waals surface area contributed by atoms with Crippen LogP contribution in [-0.4, -0.2) is 45.5 Å². The summed E-state index contributed by atoms with van der Waals surface area (Å²) in [7, 11) is 0. The fraction of sp³-hybridized carbons (Fsp3) is 0.714. The van der Waals surface area contributed by atoms with Gasteiger partial charge in [-0.05, 0) is 56.4 Å². The van der Waals surface area contributed by atoms with Crippen LogP contribution in [0.3, 0.4) is 0 Å². The Kier molecular flexibility index (Phi) is 9.20. The van der Waals surface area contributed by atoms with Gasteiger partial charge >= 0.3 is 12.4 Å². The van der Waals surface area contributed by atoms with Gasteiger partial charge in [0.05, 0.1) is 12.2 Å². The van der Waals surface area contributed by atoms with Crippen LogP contribution >= 0.6 is 0 Å². The van der Waals surface area contributed by atoms with Crippen molar-refractivity contribution >= 4 is 0 Å². The smallest absolute Gasteiger partial charge is 0.393 e. The molecule has 0 aromatic rings. The minimum atomic E-state index is -5.85. The molecule has 0 aromatic carbocycles. The molecule has 0 saturated heterocycles. The van der Waals surface area contributed by atoms with Crippen molar-refractivity contribution in [2.75, 3.05) is 0 Å². The second-order valence-electron chi connectivity index (χ2n) is 8.63. The zero-order chi connectivity index (χ0) is 23.2. The van der Waals surface area contributed by atoms with Crippen LogP contribution in [0.5, 0.6) is 0 Å². The summed E-state index contributed by atoms with van der Waals surface area (Å²) in [6.07, 6.45) is -3.47. The standard InChI is InChI=1S/C21H30F6O3/c1-18(2,10-7-11-19(30,20(22,23)24)21(25,26)27)9-6-4-3-5-8-15-12-16(28)14-17(29)13-15/h3,5,7-8,11,16-17,28-30H,4,6,9-10,12-14H2,1-2H3. The summed E-state index contributed by atoms with van der Waals surface area (Å²) in [5, 5.41) is 28.4. The van der Waals surface area contributed by atoms with Gasteiger partial charge in [-0.1, -0.05) is 43.7 Å². The monoisotopic (exact) mass is 444 g/mol. The van der Waals surface area contributed by atoms with Crippen LogP contribution in [0.4, 0.5) is 26.3 Å². The van der Waals surface area contributed by atoms with Gasteiger partial charge in [-0.2, -0.15) is 26.3 Å². The number of unbranched alkanes of at least 4 members (excludes halogenated alkanes) is 1. The highest BCUT2D eigenvalue weighted by Crippen LogP contribution is 2.44. The Bertz CT molecular complexity index is 606. The number of alkyl halides is 6. The minimum absolute atomic E-state index is 0.0506. The maximum Gasteiger partial charge on any atom is 0.429 e. The number of halogens is 6. The highest BCUT2D eigenvalue weighted by atomic mass is 19.4. The van der Waals surface area contributed by atoms with Gasteiger partial charge in [0.25, 0.3) is 5.60 Å². The second kappa shape index (κ2) is 10.3. The topological polar surface area (TPSA) is 60.7 Å². The Morgan fingerprint density at radius 2 is 1.47 bits per heavy atom. The molecular formula is C21H30F6O3. The Morgan fingerprint density at radius 3 is 1.97 bits per heavy atom. The molecule has 1 rings (SSSR count). The third-order valence-corrected chi connectivity index (χ3v) is 5.13. The highest BCUT2D eigenvalue weighted by molar-refractivity contribution is 5.16. The fourth-order valence-corrected chi connectivity index (χ4v) is 3.30. The lowest BCUT2D eigenvalue weighted by molar-refractivity contribution is -0.347. The average molecular weight is 444 g/mol. The molecule has 3 N–H and O–H groups in total. The molecule has 2 atom stereocenters. The van der Waals surface area contributed by atoms with Gasteiger partial charge in [-0.3, -0.25) is 0 Å². The van der Waals surface area contributed by atoms with E-state index in [4.69, 9.17) is 5.11 Å². The lowest BCUT2D eigenvalue weighted by atomic mass is 9.83. The van der Waals surface area contributed by atoms with E-state index in [9.17, 15) is 36.6 Å². The summed E-state index contributed by atoms with van der Waals surface area (Å²) in [5.41, 5.74) is -4.45. The molecule has 0 spiro atoms. The third-order valence-electron chi connectivity index (χ3n) is 5.13. The van der Waals surface area contributed by atoms with E-state index >= 15 is 0 Å². The zero-order valence-electron chi connectivity index (χ0n) is 17.1. The average Bonchev–Trinajstić information content (AvgIpc) is 2.54. The molecule has 0 aromatic heterocycles. The van der Waals surface area contributed by atoms with Crippen molar-refractivity contribution in [1.82, 2.24) is 0 Å². The van der Waals surface area contributed by atoms with Gasteiger partial charge < -0.3 is 15.3 Å². The van der Waals surface area contributed by atoms with Crippen LogP contribution in [-0.2, 0) is 0 Å². The van der Waals surface area contributed by atoms with Gasteiger partial charge in [-0.15, -0.1) is 0 Å². The molecule has 0 radical (unpaired) electrons. The first-order valence-corrected chi connectivity index (χ1v) is 9.81. The first-order chi connectivity index (χ1) is 13.6. The van der Waals surface area contributed by atoms with Gasteiger partial charge in [0.15, 0.2) is 0 Å². The number of allylic oxidation sites excluding steroid dienone is 4. The number of aliphatic hydroxyl groups excluding tert-OH is 2. The quantitative estimate of drug-likeness (QED) is 0.268. The van der Waals surface area contributed by atoms with E-state index in [1.165, 1.54) is 0 Å². The largest absolute Gasteiger partial charge is 0.429 e. The summed E-state index contributed by atoms with van der Waals surface area (Å²) in [4.78, 5) is 0. The van der Waals surface area contributed by atoms with Gasteiger partial charge in [0.1, 0.15) is 0 Å². The first-order valence-electron chi connectivity index (χ1n) is 9.81. The molecule has 1 saturated carbocycles. The van der Waals surface area contributed by atoms with Crippen LogP contribution in [0.25, 0.3) is 0 Å². The van der Waals surface area contributed by atoms with E-state index in [-0.39, 0.29) is 12.5 Å². The van der Waals surface area contributed by atoms with E-state index in [2.05, 4.69) is 0 Å². The van der Waals surface area contributed by atoms with Crippen molar-refractivity contribution < 1.29 is 41.7 Å². The van der Waals surface area contributed by atoms with Crippen molar-refractivity contribution in [3.8, 4) is 0 Å². The minimum Gasteiger partial charge on any atom is -0.393 e. The molecule has 1 aliphatic rings. The van der Waals surface area contributed by atoms with Crippen LogP contribution in [0.1, 0.15) is 58.8 Å². The second-order valence-corrected chi connectivity index (χ2v) is 8.63. The predicted molar refractivity (Wildman–Crippen MR) is 102 cm³/mol. The van der Waals surface area contributed by atoms with Gasteiger partial charge in [0.2, 0.25) is 0 Å². The SMILES string of the molecule is CC(C)(CC=CC(O)(C(F)(F)F)C(F)(F)F)CCCC=CC=C1CC(O)CC(O)C1. The Labute approximate surface area is 172 Å². The molecule has 1 fully saturated rings. The maximum atomic E-state index is 12.7. The summed E-state index contributed by atoms with van der Waals surface area (Å²) < 4.78 is 75.9. The number of aliphatic hydroxyl groups is 3. The van der Waals surface area contributed by atoms with Crippen molar-refractivity contribution in [2.24, 2.45) is 5.41 Å². The molecule has 1 aliphatic carbocycles. The molecule has 3 nitrogen and oxygen atoms in total. The number of rotatable bonds is 8. The van der Waals surface area contributed by atoms with Crippen molar-refractivity contribution in [2.45, 2.75) is 89.0 Å². The predicted octanol–water partition coefficient (Wildman–Crippen LogP) is 5.37. The molecule has 2 unspecified atom stereocenters. The van der Waals surface area contributed by atoms with E-state index in [1.807, 2.05) is 18.2 Å². The normalized spacial score (nSPS) is 22.3. The van der Waals surface area contributed by atoms with Crippen molar-refractivity contribution in [1.29, 1.82) is 0 Å². The molecule has 0 heterocycles. The first kappa shape index (κ1) is 26.7. The van der Waals surface area contributed by atoms with E-state index < -0.39 is 35.6 Å². The molecule has 174 valence electrons. The maximum absolute atomic E-state index is 12.7. The lowest BCUT2D eigenvalue weighted by Crippen LogP contribution is -2.55. The Hall–Kier alpha value is -1.32. The Morgan fingerprint density at radius 1 is 0.933 bits per heavy atom. The molecule has 30 heavy (non-hydrogen) atoms. The molecule has 0 aliphatic heterocycles. The molecule has 0 amide bonds. The van der Waals surface area contributed by atoms with Crippen molar-refractivity contribution in [3.63, 3.8) is 0 Å². The molecule has 9 heteroatoms.